The number of nitrogens with zero attached hydrogens (tertiary/aromatic N) is 1. The number of para-hydroxylation sites is 3. The number of amides is 1. The number of carbonyl (C=O) groups is 1. The Bertz CT molecular complexity index is 1030. The van der Waals surface area contributed by atoms with E-state index < -0.39 is 5.91 Å². The molecule has 0 fully saturated rings. The zero-order valence-corrected chi connectivity index (χ0v) is 15.1. The topological polar surface area (TPSA) is 62.1 Å². The highest BCUT2D eigenvalue weighted by molar-refractivity contribution is 6.07. The molecule has 136 valence electrons. The summed E-state index contributed by atoms with van der Waals surface area (Å²) in [7, 11) is 0. The lowest BCUT2D eigenvalue weighted by Crippen LogP contribution is -2.14. The van der Waals surface area contributed by atoms with Crippen LogP contribution in [0.3, 0.4) is 0 Å². The van der Waals surface area contributed by atoms with Crippen molar-refractivity contribution in [1.29, 1.82) is 5.26 Å². The summed E-state index contributed by atoms with van der Waals surface area (Å²) in [5, 5.41) is 12.1. The molecular formula is C24H18N2O2. The van der Waals surface area contributed by atoms with E-state index in [1.54, 1.807) is 24.3 Å². The minimum Gasteiger partial charge on any atom is -0.455 e. The molecule has 0 aliphatic heterocycles. The van der Waals surface area contributed by atoms with Crippen LogP contribution in [0.1, 0.15) is 5.56 Å². The van der Waals surface area contributed by atoms with Crippen molar-refractivity contribution in [3.8, 4) is 17.6 Å². The molecule has 3 rings (SSSR count). The number of rotatable bonds is 6. The molecule has 1 N–H and O–H groups in total. The fourth-order valence-corrected chi connectivity index (χ4v) is 2.45. The Labute approximate surface area is 164 Å². The van der Waals surface area contributed by atoms with Crippen LogP contribution in [0.2, 0.25) is 0 Å². The number of nitriles is 1. The second-order valence-corrected chi connectivity index (χ2v) is 5.83. The lowest BCUT2D eigenvalue weighted by molar-refractivity contribution is -0.112. The molecule has 0 bridgehead atoms. The van der Waals surface area contributed by atoms with E-state index >= 15 is 0 Å². The molecule has 3 aromatic carbocycles. The van der Waals surface area contributed by atoms with Crippen LogP contribution in [0, 0.1) is 11.3 Å². The van der Waals surface area contributed by atoms with Crippen LogP contribution in [-0.2, 0) is 4.79 Å². The summed E-state index contributed by atoms with van der Waals surface area (Å²) in [5.74, 6) is 0.662. The molecule has 3 aromatic rings. The van der Waals surface area contributed by atoms with Crippen molar-refractivity contribution in [3.63, 3.8) is 0 Å². The monoisotopic (exact) mass is 366 g/mol. The normalized spacial score (nSPS) is 11.0. The largest absolute Gasteiger partial charge is 0.455 e. The van der Waals surface area contributed by atoms with Gasteiger partial charge >= 0.3 is 0 Å². The van der Waals surface area contributed by atoms with Gasteiger partial charge in [0.05, 0.1) is 5.69 Å². The second-order valence-electron chi connectivity index (χ2n) is 5.83. The van der Waals surface area contributed by atoms with E-state index in [1.807, 2.05) is 78.9 Å². The number of anilines is 1. The van der Waals surface area contributed by atoms with Crippen molar-refractivity contribution in [2.45, 2.75) is 0 Å². The van der Waals surface area contributed by atoms with Crippen LogP contribution in [0.15, 0.2) is 103 Å². The molecule has 28 heavy (non-hydrogen) atoms. The van der Waals surface area contributed by atoms with Gasteiger partial charge in [-0.05, 0) is 35.9 Å². The maximum atomic E-state index is 12.5. The lowest BCUT2D eigenvalue weighted by Gasteiger charge is -2.11. The summed E-state index contributed by atoms with van der Waals surface area (Å²) in [5.41, 5.74) is 1.48. The third kappa shape index (κ3) is 5.20. The Morgan fingerprint density at radius 2 is 1.54 bits per heavy atom. The van der Waals surface area contributed by atoms with Crippen molar-refractivity contribution >= 4 is 17.7 Å². The fraction of sp³-hybridized carbons (Fsp3) is 0. The molecule has 4 heteroatoms. The maximum absolute atomic E-state index is 12.5. The number of hydrogen-bond donors (Lipinski definition) is 1. The number of nitrogens with one attached hydrogen (secondary N) is 1. The van der Waals surface area contributed by atoms with Gasteiger partial charge in [-0.2, -0.15) is 5.26 Å². The van der Waals surface area contributed by atoms with E-state index in [0.29, 0.717) is 17.2 Å². The lowest BCUT2D eigenvalue weighted by atomic mass is 10.2. The molecule has 0 saturated carbocycles. The van der Waals surface area contributed by atoms with E-state index in [0.717, 1.165) is 5.56 Å². The van der Waals surface area contributed by atoms with Crippen molar-refractivity contribution in [1.82, 2.24) is 0 Å². The summed E-state index contributed by atoms with van der Waals surface area (Å²) in [6.45, 7) is 0. The number of hydrogen-bond acceptors (Lipinski definition) is 3. The fourth-order valence-electron chi connectivity index (χ4n) is 2.45. The van der Waals surface area contributed by atoms with Gasteiger partial charge in [0.15, 0.2) is 5.75 Å². The van der Waals surface area contributed by atoms with Gasteiger partial charge in [-0.1, -0.05) is 72.8 Å². The Hall–Kier alpha value is -4.10. The van der Waals surface area contributed by atoms with Gasteiger partial charge in [0.2, 0.25) is 0 Å². The van der Waals surface area contributed by atoms with E-state index in [1.165, 1.54) is 6.08 Å². The molecule has 0 radical (unpaired) electrons. The predicted octanol–water partition coefficient (Wildman–Crippen LogP) is 5.58. The van der Waals surface area contributed by atoms with Gasteiger partial charge in [0, 0.05) is 0 Å². The standard InChI is InChI=1S/C24H18N2O2/c25-18-20(13-9-12-19-10-3-1-4-11-19)24(27)26-22-16-7-8-17-23(22)28-21-14-5-2-6-15-21/h1-17H,(H,26,27)/b12-9+,20-13+. The maximum Gasteiger partial charge on any atom is 0.266 e. The Balaban J connectivity index is 1.73. The zero-order chi connectivity index (χ0) is 19.6. The molecule has 1 amide bonds. The summed E-state index contributed by atoms with van der Waals surface area (Å²) in [6.07, 6.45) is 5.00. The summed E-state index contributed by atoms with van der Waals surface area (Å²) in [4.78, 5) is 12.5. The van der Waals surface area contributed by atoms with E-state index in [2.05, 4.69) is 5.32 Å². The van der Waals surface area contributed by atoms with Crippen molar-refractivity contribution in [2.24, 2.45) is 0 Å². The van der Waals surface area contributed by atoms with Crippen LogP contribution in [0.25, 0.3) is 6.08 Å². The third-order valence-electron chi connectivity index (χ3n) is 3.82. The minimum absolute atomic E-state index is 0.00157. The zero-order valence-electron chi connectivity index (χ0n) is 15.1. The molecule has 0 atom stereocenters. The number of allylic oxidation sites excluding steroid dienone is 2. The predicted molar refractivity (Wildman–Crippen MR) is 111 cm³/mol. The average molecular weight is 366 g/mol. The van der Waals surface area contributed by atoms with Crippen molar-refractivity contribution < 1.29 is 9.53 Å². The van der Waals surface area contributed by atoms with Crippen LogP contribution in [0.5, 0.6) is 11.5 Å². The molecule has 0 spiro atoms. The molecule has 0 aromatic heterocycles. The van der Waals surface area contributed by atoms with Gasteiger partial charge in [-0.15, -0.1) is 0 Å². The van der Waals surface area contributed by atoms with Gasteiger partial charge in [-0.3, -0.25) is 4.79 Å². The SMILES string of the molecule is N#C/C(=C\C=C\c1ccccc1)C(=O)Nc1ccccc1Oc1ccccc1. The Morgan fingerprint density at radius 1 is 0.893 bits per heavy atom. The quantitative estimate of drug-likeness (QED) is 0.352. The smallest absolute Gasteiger partial charge is 0.266 e. The van der Waals surface area contributed by atoms with Gasteiger partial charge in [0.25, 0.3) is 5.91 Å². The van der Waals surface area contributed by atoms with Crippen LogP contribution < -0.4 is 10.1 Å². The van der Waals surface area contributed by atoms with E-state index in [-0.39, 0.29) is 5.57 Å². The third-order valence-corrected chi connectivity index (χ3v) is 3.82. The molecular weight excluding hydrogens is 348 g/mol. The van der Waals surface area contributed by atoms with Gasteiger partial charge in [-0.25, -0.2) is 0 Å². The highest BCUT2D eigenvalue weighted by Gasteiger charge is 2.12. The van der Waals surface area contributed by atoms with Crippen molar-refractivity contribution in [3.05, 3.63) is 108 Å². The second kappa shape index (κ2) is 9.56. The summed E-state index contributed by atoms with van der Waals surface area (Å²) < 4.78 is 5.83. The van der Waals surface area contributed by atoms with Crippen LogP contribution >= 0.6 is 0 Å². The first-order valence-corrected chi connectivity index (χ1v) is 8.73. The Kier molecular flexibility index (Phi) is 6.38. The number of benzene rings is 3. The molecule has 0 aliphatic carbocycles. The first-order chi connectivity index (χ1) is 13.8. The first-order valence-electron chi connectivity index (χ1n) is 8.73. The molecule has 0 saturated heterocycles. The van der Waals surface area contributed by atoms with E-state index in [4.69, 9.17) is 4.74 Å². The van der Waals surface area contributed by atoms with Crippen molar-refractivity contribution in [2.75, 3.05) is 5.32 Å². The summed E-state index contributed by atoms with van der Waals surface area (Å²) in [6, 6.07) is 28.0. The first kappa shape index (κ1) is 18.7. The van der Waals surface area contributed by atoms with Crippen LogP contribution in [-0.4, -0.2) is 5.91 Å². The number of ether oxygens (including phenoxy) is 1. The summed E-state index contributed by atoms with van der Waals surface area (Å²) >= 11 is 0. The van der Waals surface area contributed by atoms with E-state index in [9.17, 15) is 10.1 Å². The molecule has 0 unspecified atom stereocenters. The van der Waals surface area contributed by atoms with Gasteiger partial charge < -0.3 is 10.1 Å². The Morgan fingerprint density at radius 3 is 2.25 bits per heavy atom. The molecule has 4 nitrogen and oxygen atoms in total. The highest BCUT2D eigenvalue weighted by Crippen LogP contribution is 2.29. The molecule has 0 aliphatic rings. The minimum atomic E-state index is -0.496. The van der Waals surface area contributed by atoms with Crippen LogP contribution in [0.4, 0.5) is 5.69 Å². The number of carbonyl (C=O) groups excluding carboxylic acids is 1. The highest BCUT2D eigenvalue weighted by atomic mass is 16.5. The molecule has 0 heterocycles. The van der Waals surface area contributed by atoms with Gasteiger partial charge in [0.1, 0.15) is 17.4 Å². The average Bonchev–Trinajstić information content (AvgIpc) is 2.74.